The zero-order valence-corrected chi connectivity index (χ0v) is 16.3. The average molecular weight is 410 g/mol. The zero-order valence-electron chi connectivity index (χ0n) is 14.7. The van der Waals surface area contributed by atoms with Crippen LogP contribution in [-0.4, -0.2) is 34.6 Å². The average Bonchev–Trinajstić information content (AvgIpc) is 3.09. The molecule has 2 aliphatic rings. The second kappa shape index (κ2) is 6.52. The molecule has 2 bridgehead atoms. The van der Waals surface area contributed by atoms with E-state index in [2.05, 4.69) is 21.2 Å². The van der Waals surface area contributed by atoms with Crippen molar-refractivity contribution in [2.75, 3.05) is 11.1 Å². The third-order valence-electron chi connectivity index (χ3n) is 4.73. The van der Waals surface area contributed by atoms with Crippen LogP contribution >= 0.6 is 15.9 Å². The topological polar surface area (TPSA) is 84.7 Å². The van der Waals surface area contributed by atoms with Crippen LogP contribution in [0.1, 0.15) is 40.0 Å². The summed E-state index contributed by atoms with van der Waals surface area (Å²) in [7, 11) is 0. The van der Waals surface area contributed by atoms with Gasteiger partial charge in [-0.3, -0.25) is 9.69 Å². The van der Waals surface area contributed by atoms with Gasteiger partial charge in [-0.1, -0.05) is 15.9 Å². The molecule has 25 heavy (non-hydrogen) atoms. The smallest absolute Gasteiger partial charge is 0.411 e. The zero-order chi connectivity index (χ0) is 18.4. The van der Waals surface area contributed by atoms with Gasteiger partial charge in [0.25, 0.3) is 0 Å². The normalized spacial score (nSPS) is 25.1. The van der Waals surface area contributed by atoms with E-state index in [1.165, 1.54) is 0 Å². The third kappa shape index (κ3) is 3.76. The number of fused-ring (bicyclic) bond motifs is 2. The first-order valence-corrected chi connectivity index (χ1v) is 9.32. The molecule has 7 heteroatoms. The van der Waals surface area contributed by atoms with Gasteiger partial charge >= 0.3 is 6.09 Å². The van der Waals surface area contributed by atoms with Gasteiger partial charge in [0.05, 0.1) is 11.4 Å². The lowest BCUT2D eigenvalue weighted by atomic mass is 9.98. The number of halogens is 1. The minimum atomic E-state index is -0.589. The van der Waals surface area contributed by atoms with Crippen molar-refractivity contribution >= 4 is 39.3 Å². The van der Waals surface area contributed by atoms with E-state index in [0.717, 1.165) is 23.7 Å². The molecule has 0 radical (unpaired) electrons. The SMILES string of the molecule is CC(C)(C)OC(=O)N1C2CC[C@@H](C2)[C@H]1C(=O)Nc1cc(Br)ccc1N. The number of nitrogens with one attached hydrogen (secondary N) is 1. The summed E-state index contributed by atoms with van der Waals surface area (Å²) in [5.74, 6) is -0.0336. The minimum Gasteiger partial charge on any atom is -0.444 e. The lowest BCUT2D eigenvalue weighted by Crippen LogP contribution is -2.52. The van der Waals surface area contributed by atoms with Gasteiger partial charge < -0.3 is 15.8 Å². The number of hydrogen-bond donors (Lipinski definition) is 2. The monoisotopic (exact) mass is 409 g/mol. The van der Waals surface area contributed by atoms with Crippen LogP contribution in [-0.2, 0) is 9.53 Å². The molecule has 1 aliphatic carbocycles. The van der Waals surface area contributed by atoms with Crippen LogP contribution in [0.5, 0.6) is 0 Å². The van der Waals surface area contributed by atoms with Gasteiger partial charge in [0.15, 0.2) is 0 Å². The number of carbonyl (C=O) groups is 2. The number of likely N-dealkylation sites (tertiary alicyclic amines) is 1. The number of anilines is 2. The predicted octanol–water partition coefficient (Wildman–Crippen LogP) is 3.76. The maximum absolute atomic E-state index is 12.9. The van der Waals surface area contributed by atoms with Gasteiger partial charge in [-0.15, -0.1) is 0 Å². The van der Waals surface area contributed by atoms with Gasteiger partial charge in [-0.05, 0) is 64.2 Å². The summed E-state index contributed by atoms with van der Waals surface area (Å²) in [4.78, 5) is 27.2. The van der Waals surface area contributed by atoms with Crippen LogP contribution in [0.15, 0.2) is 22.7 Å². The molecule has 1 aromatic carbocycles. The van der Waals surface area contributed by atoms with Crippen LogP contribution in [0.2, 0.25) is 0 Å². The highest BCUT2D eigenvalue weighted by Gasteiger charge is 2.52. The van der Waals surface area contributed by atoms with Gasteiger partial charge in [-0.25, -0.2) is 4.79 Å². The van der Waals surface area contributed by atoms with E-state index < -0.39 is 17.7 Å². The number of hydrogen-bond acceptors (Lipinski definition) is 4. The fourth-order valence-electron chi connectivity index (χ4n) is 3.75. The van der Waals surface area contributed by atoms with Crippen LogP contribution in [0.4, 0.5) is 16.2 Å². The van der Waals surface area contributed by atoms with E-state index in [9.17, 15) is 9.59 Å². The van der Waals surface area contributed by atoms with E-state index >= 15 is 0 Å². The molecule has 1 saturated heterocycles. The van der Waals surface area contributed by atoms with E-state index in [-0.39, 0.29) is 17.9 Å². The van der Waals surface area contributed by atoms with Crippen LogP contribution < -0.4 is 11.1 Å². The number of nitrogens with two attached hydrogens (primary N) is 1. The highest BCUT2D eigenvalue weighted by molar-refractivity contribution is 9.10. The Morgan fingerprint density at radius 2 is 2.04 bits per heavy atom. The lowest BCUT2D eigenvalue weighted by Gasteiger charge is -2.35. The quantitative estimate of drug-likeness (QED) is 0.728. The molecule has 1 heterocycles. The number of benzene rings is 1. The molecular formula is C18H24BrN3O3. The van der Waals surface area contributed by atoms with Gasteiger partial charge in [0, 0.05) is 10.5 Å². The van der Waals surface area contributed by atoms with Crippen LogP contribution in [0, 0.1) is 5.92 Å². The minimum absolute atomic E-state index is 0.0791. The predicted molar refractivity (Wildman–Crippen MR) is 100 cm³/mol. The molecule has 0 aromatic heterocycles. The molecule has 1 unspecified atom stereocenters. The van der Waals surface area contributed by atoms with Gasteiger partial charge in [0.2, 0.25) is 5.91 Å². The van der Waals surface area contributed by atoms with Crippen molar-refractivity contribution in [2.45, 2.75) is 57.7 Å². The summed E-state index contributed by atoms with van der Waals surface area (Å²) in [5.41, 5.74) is 6.40. The number of rotatable bonds is 2. The number of amides is 2. The first-order chi connectivity index (χ1) is 11.7. The van der Waals surface area contributed by atoms with Crippen LogP contribution in [0.25, 0.3) is 0 Å². The molecule has 1 saturated carbocycles. The molecule has 0 spiro atoms. The Morgan fingerprint density at radius 1 is 1.32 bits per heavy atom. The number of ether oxygens (including phenoxy) is 1. The molecular weight excluding hydrogens is 386 g/mol. The summed E-state index contributed by atoms with van der Waals surface area (Å²) < 4.78 is 6.35. The second-order valence-electron chi connectivity index (χ2n) is 7.78. The summed E-state index contributed by atoms with van der Waals surface area (Å²) in [6.07, 6.45) is 2.32. The van der Waals surface area contributed by atoms with E-state index in [1.54, 1.807) is 17.0 Å². The Labute approximate surface area is 156 Å². The van der Waals surface area contributed by atoms with Crippen molar-refractivity contribution in [3.63, 3.8) is 0 Å². The molecule has 136 valence electrons. The number of nitrogens with zero attached hydrogens (tertiary/aromatic N) is 1. The van der Waals surface area contributed by atoms with Crippen molar-refractivity contribution in [1.82, 2.24) is 4.90 Å². The molecule has 2 amide bonds. The molecule has 1 aliphatic heterocycles. The summed E-state index contributed by atoms with van der Waals surface area (Å²) >= 11 is 3.38. The summed E-state index contributed by atoms with van der Waals surface area (Å²) in [5, 5.41) is 2.88. The van der Waals surface area contributed by atoms with Crippen molar-refractivity contribution < 1.29 is 14.3 Å². The Balaban J connectivity index is 1.80. The Hall–Kier alpha value is -1.76. The number of carbonyl (C=O) groups excluding carboxylic acids is 2. The summed E-state index contributed by atoms with van der Waals surface area (Å²) in [6.45, 7) is 5.49. The first-order valence-electron chi connectivity index (χ1n) is 8.53. The molecule has 6 nitrogen and oxygen atoms in total. The number of nitrogen functional groups attached to an aromatic ring is 1. The Bertz CT molecular complexity index is 701. The Morgan fingerprint density at radius 3 is 2.72 bits per heavy atom. The van der Waals surface area contributed by atoms with Crippen LogP contribution in [0.3, 0.4) is 0 Å². The van der Waals surface area contributed by atoms with Crippen molar-refractivity contribution in [2.24, 2.45) is 5.92 Å². The fraction of sp³-hybridized carbons (Fsp3) is 0.556. The Kier molecular flexibility index (Phi) is 4.70. The molecule has 2 fully saturated rings. The maximum Gasteiger partial charge on any atom is 0.411 e. The highest BCUT2D eigenvalue weighted by atomic mass is 79.9. The first kappa shape index (κ1) is 18.0. The molecule has 3 N–H and O–H groups in total. The van der Waals surface area contributed by atoms with Crippen molar-refractivity contribution in [3.8, 4) is 0 Å². The van der Waals surface area contributed by atoms with Crippen molar-refractivity contribution in [3.05, 3.63) is 22.7 Å². The van der Waals surface area contributed by atoms with Crippen molar-refractivity contribution in [1.29, 1.82) is 0 Å². The van der Waals surface area contributed by atoms with Gasteiger partial charge in [0.1, 0.15) is 11.6 Å². The maximum atomic E-state index is 12.9. The molecule has 1 aromatic rings. The lowest BCUT2D eigenvalue weighted by molar-refractivity contribution is -0.122. The standard InChI is InChI=1S/C18H24BrN3O3/c1-18(2,3)25-17(24)22-12-6-4-10(8-12)15(22)16(23)21-14-9-11(19)5-7-13(14)20/h5,7,9-10,12,15H,4,6,8,20H2,1-3H3,(H,21,23)/t10-,12?,15-/m0/s1. The third-order valence-corrected chi connectivity index (χ3v) is 5.22. The van der Waals surface area contributed by atoms with Gasteiger partial charge in [-0.2, -0.15) is 0 Å². The molecule has 3 rings (SSSR count). The highest BCUT2D eigenvalue weighted by Crippen LogP contribution is 2.43. The fourth-order valence-corrected chi connectivity index (χ4v) is 4.11. The molecule has 3 atom stereocenters. The number of piperidine rings is 1. The largest absolute Gasteiger partial charge is 0.444 e. The summed E-state index contributed by atoms with van der Waals surface area (Å²) in [6, 6.07) is 4.88. The second-order valence-corrected chi connectivity index (χ2v) is 8.70. The van der Waals surface area contributed by atoms with E-state index in [1.807, 2.05) is 26.8 Å². The van der Waals surface area contributed by atoms with E-state index in [0.29, 0.717) is 11.4 Å². The van der Waals surface area contributed by atoms with E-state index in [4.69, 9.17) is 10.5 Å².